The number of anilines is 1. The molecule has 1 aliphatic carbocycles. The highest BCUT2D eigenvalue weighted by Gasteiger charge is 2.37. The van der Waals surface area contributed by atoms with Gasteiger partial charge in [-0.3, -0.25) is 4.99 Å². The monoisotopic (exact) mass is 400 g/mol. The SMILES string of the molecule is C1=C[C@@H]2c3ccccc3N[C@H](c3ccc(N=Cc4cccc5ccccc45)cc3)[C@@H]2C1. The molecule has 1 N–H and O–H groups in total. The molecule has 2 heteroatoms. The van der Waals surface area contributed by atoms with E-state index in [1.807, 2.05) is 6.21 Å². The molecule has 0 spiro atoms. The number of aliphatic imine (C=N–C) groups is 1. The Bertz CT molecular complexity index is 1290. The lowest BCUT2D eigenvalue weighted by atomic mass is 9.77. The van der Waals surface area contributed by atoms with Crippen LogP contribution in [0.3, 0.4) is 0 Å². The largest absolute Gasteiger partial charge is 0.378 e. The lowest BCUT2D eigenvalue weighted by Gasteiger charge is -2.37. The average Bonchev–Trinajstić information content (AvgIpc) is 3.33. The first-order valence-electron chi connectivity index (χ1n) is 11.0. The van der Waals surface area contributed by atoms with Gasteiger partial charge in [-0.15, -0.1) is 0 Å². The summed E-state index contributed by atoms with van der Waals surface area (Å²) in [6.07, 6.45) is 7.83. The molecule has 0 saturated heterocycles. The van der Waals surface area contributed by atoms with Gasteiger partial charge in [-0.05, 0) is 52.4 Å². The maximum atomic E-state index is 4.76. The highest BCUT2D eigenvalue weighted by Crippen LogP contribution is 2.49. The van der Waals surface area contributed by atoms with Gasteiger partial charge in [0.05, 0.1) is 11.7 Å². The van der Waals surface area contributed by atoms with Crippen molar-refractivity contribution >= 4 is 28.4 Å². The Balaban J connectivity index is 1.27. The number of nitrogens with one attached hydrogen (secondary N) is 1. The lowest BCUT2D eigenvalue weighted by Crippen LogP contribution is -2.28. The third-order valence-corrected chi connectivity index (χ3v) is 6.70. The Labute approximate surface area is 183 Å². The predicted molar refractivity (Wildman–Crippen MR) is 130 cm³/mol. The summed E-state index contributed by atoms with van der Waals surface area (Å²) in [5.74, 6) is 1.08. The Morgan fingerprint density at radius 2 is 1.61 bits per heavy atom. The van der Waals surface area contributed by atoms with Crippen molar-refractivity contribution in [2.45, 2.75) is 18.4 Å². The van der Waals surface area contributed by atoms with Crippen molar-refractivity contribution in [3.05, 3.63) is 120 Å². The van der Waals surface area contributed by atoms with E-state index < -0.39 is 0 Å². The molecule has 4 aromatic rings. The average molecular weight is 401 g/mol. The minimum Gasteiger partial charge on any atom is -0.378 e. The maximum absolute atomic E-state index is 4.76. The molecule has 2 nitrogen and oxygen atoms in total. The minimum absolute atomic E-state index is 0.325. The molecule has 0 bridgehead atoms. The zero-order valence-electron chi connectivity index (χ0n) is 17.3. The van der Waals surface area contributed by atoms with Gasteiger partial charge in [0.2, 0.25) is 0 Å². The smallest absolute Gasteiger partial charge is 0.0630 e. The van der Waals surface area contributed by atoms with E-state index in [0.717, 1.165) is 17.7 Å². The molecule has 0 radical (unpaired) electrons. The summed E-state index contributed by atoms with van der Waals surface area (Å²) in [4.78, 5) is 4.76. The molecule has 6 rings (SSSR count). The number of rotatable bonds is 3. The summed E-state index contributed by atoms with van der Waals surface area (Å²) in [5, 5.41) is 6.28. The van der Waals surface area contributed by atoms with Crippen molar-refractivity contribution < 1.29 is 0 Å². The van der Waals surface area contributed by atoms with E-state index in [0.29, 0.717) is 17.9 Å². The van der Waals surface area contributed by atoms with Crippen molar-refractivity contribution in [3.8, 4) is 0 Å². The van der Waals surface area contributed by atoms with Crippen LogP contribution in [0.15, 0.2) is 108 Å². The summed E-state index contributed by atoms with van der Waals surface area (Å²) >= 11 is 0. The summed E-state index contributed by atoms with van der Waals surface area (Å²) < 4.78 is 0. The van der Waals surface area contributed by atoms with Crippen molar-refractivity contribution in [2.24, 2.45) is 10.9 Å². The van der Waals surface area contributed by atoms with Crippen LogP contribution in [0.1, 0.15) is 35.1 Å². The lowest BCUT2D eigenvalue weighted by molar-refractivity contribution is 0.425. The number of allylic oxidation sites excluding steroid dienone is 2. The zero-order chi connectivity index (χ0) is 20.6. The number of para-hydroxylation sites is 1. The van der Waals surface area contributed by atoms with Crippen LogP contribution in [0, 0.1) is 5.92 Å². The van der Waals surface area contributed by atoms with Crippen LogP contribution in [0.5, 0.6) is 0 Å². The molecule has 2 aliphatic rings. The fourth-order valence-electron chi connectivity index (χ4n) is 5.15. The van der Waals surface area contributed by atoms with Crippen molar-refractivity contribution in [1.29, 1.82) is 0 Å². The highest BCUT2D eigenvalue weighted by atomic mass is 15.0. The van der Waals surface area contributed by atoms with Crippen LogP contribution in [-0.2, 0) is 0 Å². The normalized spacial score (nSPS) is 21.7. The van der Waals surface area contributed by atoms with E-state index in [1.165, 1.54) is 27.6 Å². The van der Waals surface area contributed by atoms with E-state index in [4.69, 9.17) is 4.99 Å². The van der Waals surface area contributed by atoms with Gasteiger partial charge in [0.25, 0.3) is 0 Å². The highest BCUT2D eigenvalue weighted by molar-refractivity contribution is 6.00. The molecular formula is C29H24N2. The van der Waals surface area contributed by atoms with Crippen LogP contribution < -0.4 is 5.32 Å². The molecule has 1 heterocycles. The van der Waals surface area contributed by atoms with Crippen LogP contribution in [0.4, 0.5) is 11.4 Å². The Morgan fingerprint density at radius 3 is 2.55 bits per heavy atom. The van der Waals surface area contributed by atoms with Crippen LogP contribution in [0.2, 0.25) is 0 Å². The first kappa shape index (κ1) is 18.1. The fraction of sp³-hybridized carbons (Fsp3) is 0.138. The number of fused-ring (bicyclic) bond motifs is 4. The first-order valence-corrected chi connectivity index (χ1v) is 11.0. The van der Waals surface area contributed by atoms with Gasteiger partial charge in [0, 0.05) is 23.4 Å². The third-order valence-electron chi connectivity index (χ3n) is 6.70. The molecule has 31 heavy (non-hydrogen) atoms. The fourth-order valence-corrected chi connectivity index (χ4v) is 5.15. The number of hydrogen-bond acceptors (Lipinski definition) is 2. The standard InChI is InChI=1S/C29H24N2/c1-2-10-24-20(7-1)8-5-9-22(24)19-30-23-17-15-21(16-18-23)29-27-13-6-12-25(27)26-11-3-4-14-28(26)31-29/h1-12,14-19,25,27,29,31H,13H2/t25-,27-,29-/m1/s1. The molecule has 4 aromatic carbocycles. The molecule has 0 unspecified atom stereocenters. The second-order valence-corrected chi connectivity index (χ2v) is 8.48. The molecule has 3 atom stereocenters. The molecule has 0 amide bonds. The third kappa shape index (κ3) is 3.25. The second kappa shape index (κ2) is 7.55. The van der Waals surface area contributed by atoms with Gasteiger partial charge in [0.1, 0.15) is 0 Å². The Kier molecular flexibility index (Phi) is 4.42. The van der Waals surface area contributed by atoms with Crippen LogP contribution >= 0.6 is 0 Å². The zero-order valence-corrected chi connectivity index (χ0v) is 17.3. The van der Waals surface area contributed by atoms with E-state index in [2.05, 4.69) is 108 Å². The van der Waals surface area contributed by atoms with Crippen LogP contribution in [-0.4, -0.2) is 6.21 Å². The van der Waals surface area contributed by atoms with E-state index in [9.17, 15) is 0 Å². The first-order chi connectivity index (χ1) is 15.4. The number of nitrogens with zero attached hydrogens (tertiary/aromatic N) is 1. The quantitative estimate of drug-likeness (QED) is 0.281. The van der Waals surface area contributed by atoms with Gasteiger partial charge in [-0.1, -0.05) is 84.9 Å². The van der Waals surface area contributed by atoms with Crippen molar-refractivity contribution in [1.82, 2.24) is 0 Å². The van der Waals surface area contributed by atoms with Crippen molar-refractivity contribution in [2.75, 3.05) is 5.32 Å². The van der Waals surface area contributed by atoms with E-state index in [1.54, 1.807) is 0 Å². The van der Waals surface area contributed by atoms with Gasteiger partial charge in [-0.2, -0.15) is 0 Å². The van der Waals surface area contributed by atoms with Gasteiger partial charge in [0.15, 0.2) is 0 Å². The maximum Gasteiger partial charge on any atom is 0.0630 e. The van der Waals surface area contributed by atoms with Gasteiger partial charge < -0.3 is 5.32 Å². The molecule has 0 saturated carbocycles. The minimum atomic E-state index is 0.325. The molecular weight excluding hydrogens is 376 g/mol. The number of benzene rings is 4. The topological polar surface area (TPSA) is 24.4 Å². The Hall–Kier alpha value is -3.65. The molecule has 0 fully saturated rings. The van der Waals surface area contributed by atoms with Gasteiger partial charge in [-0.25, -0.2) is 0 Å². The van der Waals surface area contributed by atoms with Crippen LogP contribution in [0.25, 0.3) is 10.8 Å². The second-order valence-electron chi connectivity index (χ2n) is 8.48. The molecule has 0 aromatic heterocycles. The van der Waals surface area contributed by atoms with E-state index >= 15 is 0 Å². The predicted octanol–water partition coefficient (Wildman–Crippen LogP) is 7.42. The van der Waals surface area contributed by atoms with E-state index in [-0.39, 0.29) is 0 Å². The Morgan fingerprint density at radius 1 is 0.806 bits per heavy atom. The van der Waals surface area contributed by atoms with Gasteiger partial charge >= 0.3 is 0 Å². The molecule has 150 valence electrons. The summed E-state index contributed by atoms with van der Waals surface area (Å²) in [7, 11) is 0. The summed E-state index contributed by atoms with van der Waals surface area (Å²) in [6, 6.07) is 32.6. The van der Waals surface area contributed by atoms with Crippen molar-refractivity contribution in [3.63, 3.8) is 0 Å². The summed E-state index contributed by atoms with van der Waals surface area (Å²) in [5.41, 5.74) is 6.14. The molecule has 1 aliphatic heterocycles. The summed E-state index contributed by atoms with van der Waals surface area (Å²) in [6.45, 7) is 0. The number of hydrogen-bond donors (Lipinski definition) is 1.